The number of nitrogens with one attached hydrogen (secondary N) is 2. The van der Waals surface area contributed by atoms with Crippen molar-refractivity contribution in [2.75, 3.05) is 5.32 Å². The molecule has 0 saturated carbocycles. The van der Waals surface area contributed by atoms with Gasteiger partial charge in [-0.25, -0.2) is 9.97 Å². The van der Waals surface area contributed by atoms with Crippen molar-refractivity contribution in [1.29, 1.82) is 0 Å². The van der Waals surface area contributed by atoms with Crippen LogP contribution in [-0.2, 0) is 6.54 Å². The fraction of sp³-hybridized carbons (Fsp3) is 0.111. The molecule has 0 unspecified atom stereocenters. The highest BCUT2D eigenvalue weighted by molar-refractivity contribution is 7.07. The third-order valence-electron chi connectivity index (χ3n) is 2.17. The van der Waals surface area contributed by atoms with E-state index >= 15 is 0 Å². The van der Waals surface area contributed by atoms with Gasteiger partial charge in [0, 0.05) is 5.38 Å². The number of anilines is 1. The van der Waals surface area contributed by atoms with E-state index in [-0.39, 0.29) is 5.28 Å². The molecule has 0 radical (unpaired) electrons. The molecule has 3 rings (SSSR count). The number of rotatable bonds is 3. The SMILES string of the molecule is Clc1nc(NCc2cscn2)c2nc[nH]c2n1. The van der Waals surface area contributed by atoms with Crippen molar-refractivity contribution in [3.63, 3.8) is 0 Å². The molecule has 3 aromatic heterocycles. The Bertz CT molecular complexity index is 634. The van der Waals surface area contributed by atoms with Crippen LogP contribution in [-0.4, -0.2) is 24.9 Å². The van der Waals surface area contributed by atoms with E-state index in [9.17, 15) is 0 Å². The van der Waals surface area contributed by atoms with Gasteiger partial charge in [-0.15, -0.1) is 11.3 Å². The summed E-state index contributed by atoms with van der Waals surface area (Å²) in [4.78, 5) is 19.3. The molecule has 0 fully saturated rings. The molecule has 0 aliphatic heterocycles. The minimum absolute atomic E-state index is 0.183. The maximum atomic E-state index is 5.82. The van der Waals surface area contributed by atoms with E-state index in [0.717, 1.165) is 5.69 Å². The molecule has 0 amide bonds. The first-order valence-corrected chi connectivity index (χ1v) is 6.12. The Hall–Kier alpha value is -1.73. The Kier molecular flexibility index (Phi) is 2.62. The van der Waals surface area contributed by atoms with Gasteiger partial charge in [-0.1, -0.05) is 0 Å². The van der Waals surface area contributed by atoms with E-state index in [1.165, 1.54) is 0 Å². The Balaban J connectivity index is 1.91. The first-order valence-electron chi connectivity index (χ1n) is 4.80. The molecule has 0 atom stereocenters. The average molecular weight is 267 g/mol. The third kappa shape index (κ3) is 2.06. The standard InChI is InChI=1S/C9H7ClN6S/c10-9-15-7(6-8(16-9)13-3-12-6)11-1-5-2-17-4-14-5/h2-4H,1H2,(H2,11,12,13,15,16). The van der Waals surface area contributed by atoms with E-state index in [1.54, 1.807) is 23.2 Å². The smallest absolute Gasteiger partial charge is 0.226 e. The third-order valence-corrected chi connectivity index (χ3v) is 2.98. The zero-order valence-electron chi connectivity index (χ0n) is 8.51. The number of thiazole rings is 1. The molecule has 2 N–H and O–H groups in total. The minimum atomic E-state index is 0.183. The molecule has 3 heterocycles. The quantitative estimate of drug-likeness (QED) is 0.710. The lowest BCUT2D eigenvalue weighted by Gasteiger charge is -2.04. The molecule has 0 aromatic carbocycles. The molecule has 6 nitrogen and oxygen atoms in total. The summed E-state index contributed by atoms with van der Waals surface area (Å²) in [7, 11) is 0. The van der Waals surface area contributed by atoms with Gasteiger partial charge in [0.05, 0.1) is 24.1 Å². The molecule has 8 heteroatoms. The minimum Gasteiger partial charge on any atom is -0.362 e. The lowest BCUT2D eigenvalue weighted by atomic mass is 10.4. The summed E-state index contributed by atoms with van der Waals surface area (Å²) >= 11 is 7.37. The van der Waals surface area contributed by atoms with E-state index in [4.69, 9.17) is 11.6 Å². The topological polar surface area (TPSA) is 79.4 Å². The number of hydrogen-bond acceptors (Lipinski definition) is 6. The summed E-state index contributed by atoms with van der Waals surface area (Å²) in [5.74, 6) is 0.606. The van der Waals surface area contributed by atoms with Gasteiger partial charge in [0.1, 0.15) is 5.52 Å². The molecule has 0 bridgehead atoms. The average Bonchev–Trinajstić information content (AvgIpc) is 2.95. The predicted octanol–water partition coefficient (Wildman–Crippen LogP) is 2.07. The van der Waals surface area contributed by atoms with Crippen molar-refractivity contribution in [2.45, 2.75) is 6.54 Å². The van der Waals surface area contributed by atoms with Crippen LogP contribution in [0.2, 0.25) is 5.28 Å². The van der Waals surface area contributed by atoms with Crippen LogP contribution in [0.5, 0.6) is 0 Å². The van der Waals surface area contributed by atoms with Crippen molar-refractivity contribution in [3.8, 4) is 0 Å². The van der Waals surface area contributed by atoms with E-state index < -0.39 is 0 Å². The predicted molar refractivity (Wildman–Crippen MR) is 66.1 cm³/mol. The monoisotopic (exact) mass is 266 g/mol. The summed E-state index contributed by atoms with van der Waals surface area (Å²) < 4.78 is 0. The molecule has 17 heavy (non-hydrogen) atoms. The number of H-pyrrole nitrogens is 1. The Morgan fingerprint density at radius 3 is 3.12 bits per heavy atom. The van der Waals surface area contributed by atoms with Gasteiger partial charge in [0.25, 0.3) is 0 Å². The van der Waals surface area contributed by atoms with Gasteiger partial charge in [-0.05, 0) is 11.6 Å². The number of hydrogen-bond donors (Lipinski definition) is 2. The number of aromatic nitrogens is 5. The van der Waals surface area contributed by atoms with Crippen molar-refractivity contribution in [3.05, 3.63) is 28.2 Å². The van der Waals surface area contributed by atoms with Crippen molar-refractivity contribution < 1.29 is 0 Å². The van der Waals surface area contributed by atoms with Crippen LogP contribution in [0.15, 0.2) is 17.2 Å². The molecule has 0 saturated heterocycles. The maximum absolute atomic E-state index is 5.82. The normalized spacial score (nSPS) is 10.9. The number of imidazole rings is 1. The molecular weight excluding hydrogens is 260 g/mol. The van der Waals surface area contributed by atoms with Gasteiger partial charge in [0.2, 0.25) is 5.28 Å². The molecule has 0 aliphatic carbocycles. The zero-order chi connectivity index (χ0) is 11.7. The van der Waals surface area contributed by atoms with Gasteiger partial charge in [0.15, 0.2) is 11.5 Å². The van der Waals surface area contributed by atoms with E-state index in [2.05, 4.69) is 30.2 Å². The Morgan fingerprint density at radius 1 is 1.35 bits per heavy atom. The highest BCUT2D eigenvalue weighted by atomic mass is 35.5. The Morgan fingerprint density at radius 2 is 2.29 bits per heavy atom. The first kappa shape index (κ1) is 10.4. The summed E-state index contributed by atoms with van der Waals surface area (Å²) in [6.07, 6.45) is 1.56. The Labute approximate surface area is 105 Å². The number of aromatic amines is 1. The second-order valence-corrected chi connectivity index (χ2v) is 4.33. The highest BCUT2D eigenvalue weighted by Crippen LogP contribution is 2.19. The van der Waals surface area contributed by atoms with Crippen LogP contribution in [0.3, 0.4) is 0 Å². The van der Waals surface area contributed by atoms with Crippen LogP contribution < -0.4 is 5.32 Å². The zero-order valence-corrected chi connectivity index (χ0v) is 10.1. The fourth-order valence-corrected chi connectivity index (χ4v) is 2.16. The lowest BCUT2D eigenvalue weighted by molar-refractivity contribution is 1.05. The molecular formula is C9H7ClN6S. The van der Waals surface area contributed by atoms with E-state index in [0.29, 0.717) is 23.5 Å². The van der Waals surface area contributed by atoms with Crippen molar-refractivity contribution in [2.24, 2.45) is 0 Å². The second kappa shape index (κ2) is 4.27. The lowest BCUT2D eigenvalue weighted by Crippen LogP contribution is -2.03. The van der Waals surface area contributed by atoms with Crippen LogP contribution >= 0.6 is 22.9 Å². The van der Waals surface area contributed by atoms with Gasteiger partial charge in [-0.2, -0.15) is 9.97 Å². The van der Waals surface area contributed by atoms with Gasteiger partial charge < -0.3 is 10.3 Å². The summed E-state index contributed by atoms with van der Waals surface area (Å²) in [5, 5.41) is 5.30. The fourth-order valence-electron chi connectivity index (χ4n) is 1.43. The van der Waals surface area contributed by atoms with E-state index in [1.807, 2.05) is 5.38 Å². The van der Waals surface area contributed by atoms with Crippen LogP contribution in [0, 0.1) is 0 Å². The van der Waals surface area contributed by atoms with Gasteiger partial charge >= 0.3 is 0 Å². The van der Waals surface area contributed by atoms with Crippen LogP contribution in [0.1, 0.15) is 5.69 Å². The van der Waals surface area contributed by atoms with Crippen LogP contribution in [0.4, 0.5) is 5.82 Å². The number of halogens is 1. The molecule has 86 valence electrons. The summed E-state index contributed by atoms with van der Waals surface area (Å²) in [5.41, 5.74) is 4.03. The highest BCUT2D eigenvalue weighted by Gasteiger charge is 2.08. The molecule has 0 spiro atoms. The van der Waals surface area contributed by atoms with Crippen molar-refractivity contribution >= 4 is 39.9 Å². The second-order valence-electron chi connectivity index (χ2n) is 3.27. The number of fused-ring (bicyclic) bond motifs is 1. The molecule has 3 aromatic rings. The molecule has 0 aliphatic rings. The summed E-state index contributed by atoms with van der Waals surface area (Å²) in [6.45, 7) is 0.582. The first-order chi connectivity index (χ1) is 8.33. The van der Waals surface area contributed by atoms with Crippen LogP contribution in [0.25, 0.3) is 11.2 Å². The maximum Gasteiger partial charge on any atom is 0.226 e. The summed E-state index contributed by atoms with van der Waals surface area (Å²) in [6, 6.07) is 0. The number of nitrogens with zero attached hydrogens (tertiary/aromatic N) is 4. The van der Waals surface area contributed by atoms with Crippen molar-refractivity contribution in [1.82, 2.24) is 24.9 Å². The largest absolute Gasteiger partial charge is 0.362 e. The van der Waals surface area contributed by atoms with Gasteiger partial charge in [-0.3, -0.25) is 0 Å².